The number of rotatable bonds is 9. The molecule has 0 saturated heterocycles. The molecule has 0 saturated carbocycles. The van der Waals surface area contributed by atoms with Crippen LogP contribution in [0.1, 0.15) is 31.3 Å². The van der Waals surface area contributed by atoms with Gasteiger partial charge in [-0.3, -0.25) is 14.2 Å². The largest absolute Gasteiger partial charge is 0.397 e. The first-order valence-electron chi connectivity index (χ1n) is 14.2. The fourth-order valence-corrected chi connectivity index (χ4v) is 4.34. The van der Waals surface area contributed by atoms with Gasteiger partial charge in [0.1, 0.15) is 27.2 Å². The summed E-state index contributed by atoms with van der Waals surface area (Å²) in [5, 5.41) is 2.42. The summed E-state index contributed by atoms with van der Waals surface area (Å²) in [5.74, 6) is -1.56. The number of carbonyl (C=O) groups excluding carboxylic acids is 1. The van der Waals surface area contributed by atoms with E-state index in [9.17, 15) is 18.4 Å². The van der Waals surface area contributed by atoms with Crippen molar-refractivity contribution in [3.63, 3.8) is 0 Å². The number of nitrogen functional groups attached to an aromatic ring is 1. The van der Waals surface area contributed by atoms with Gasteiger partial charge in [-0.1, -0.05) is 24.3 Å². The van der Waals surface area contributed by atoms with Crippen molar-refractivity contribution in [3.8, 4) is 5.69 Å². The lowest BCUT2D eigenvalue weighted by Crippen LogP contribution is -2.20. The number of nitrogens with one attached hydrogen (secondary N) is 1. The van der Waals surface area contributed by atoms with Crippen molar-refractivity contribution in [3.05, 3.63) is 116 Å². The van der Waals surface area contributed by atoms with E-state index >= 15 is 0 Å². The standard InChI is InChI=1S/C13H7BrFN3O.C12H9BrFN3O.C7H16O3/c14-11-6-5-9-12(17-11)13(19)18(7-16-9)10-4-2-1-3-8(10)15;13-10-6-5-8(15)11(17-10)12(18)16-9-4-2-1-3-7(9)14;1-4-8-7(9-5-2)10-6-3/h1-7H;1-6H,15H2,(H,16,18);7H,4-6H2,1-3H3. The molecule has 0 aliphatic heterocycles. The van der Waals surface area contributed by atoms with E-state index < -0.39 is 29.6 Å². The molecule has 0 atom stereocenters. The maximum atomic E-state index is 13.7. The molecular weight excluding hydrogens is 746 g/mol. The number of ether oxygens (including phenoxy) is 3. The Morgan fingerprint density at radius 2 is 1.43 bits per heavy atom. The molecule has 0 bridgehead atoms. The number of amides is 1. The maximum Gasteiger partial charge on any atom is 0.284 e. The molecular formula is C32H32Br2F2N6O5. The molecule has 0 fully saturated rings. The molecule has 47 heavy (non-hydrogen) atoms. The van der Waals surface area contributed by atoms with Crippen LogP contribution in [0.15, 0.2) is 93.1 Å². The molecule has 0 unspecified atom stereocenters. The van der Waals surface area contributed by atoms with Crippen LogP contribution in [0.25, 0.3) is 16.7 Å². The number of nitrogens with zero attached hydrogens (tertiary/aromatic N) is 4. The zero-order valence-electron chi connectivity index (χ0n) is 25.6. The Morgan fingerprint density at radius 3 is 2.04 bits per heavy atom. The number of pyridine rings is 2. The highest BCUT2D eigenvalue weighted by molar-refractivity contribution is 9.10. The fraction of sp³-hybridized carbons (Fsp3) is 0.219. The van der Waals surface area contributed by atoms with Crippen LogP contribution in [0.3, 0.4) is 0 Å². The van der Waals surface area contributed by atoms with Crippen LogP contribution in [0, 0.1) is 11.6 Å². The van der Waals surface area contributed by atoms with Gasteiger partial charge in [0.2, 0.25) is 0 Å². The number of hydrogen-bond acceptors (Lipinski definition) is 9. The molecule has 5 rings (SSSR count). The Balaban J connectivity index is 0.000000202. The van der Waals surface area contributed by atoms with Gasteiger partial charge in [0.05, 0.1) is 22.6 Å². The van der Waals surface area contributed by atoms with E-state index in [0.29, 0.717) is 34.5 Å². The first-order chi connectivity index (χ1) is 22.6. The Kier molecular flexibility index (Phi) is 15.0. The monoisotopic (exact) mass is 776 g/mol. The van der Waals surface area contributed by atoms with Crippen LogP contribution in [0.5, 0.6) is 0 Å². The predicted molar refractivity (Wildman–Crippen MR) is 182 cm³/mol. The van der Waals surface area contributed by atoms with Crippen LogP contribution < -0.4 is 16.6 Å². The molecule has 11 nitrogen and oxygen atoms in total. The summed E-state index contributed by atoms with van der Waals surface area (Å²) in [6.07, 6.45) is 1.30. The zero-order valence-corrected chi connectivity index (χ0v) is 28.8. The van der Waals surface area contributed by atoms with Crippen molar-refractivity contribution >= 4 is 60.2 Å². The minimum absolute atomic E-state index is 0.0487. The Bertz CT molecular complexity index is 1830. The summed E-state index contributed by atoms with van der Waals surface area (Å²) in [5.41, 5.74) is 6.43. The van der Waals surface area contributed by atoms with Crippen LogP contribution in [-0.4, -0.2) is 51.7 Å². The van der Waals surface area contributed by atoms with Crippen molar-refractivity contribution in [1.82, 2.24) is 19.5 Å². The smallest absolute Gasteiger partial charge is 0.284 e. The summed E-state index contributed by atoms with van der Waals surface area (Å²) in [6.45, 7) is 7.10. The second-order valence-corrected chi connectivity index (χ2v) is 10.7. The number of halogens is 4. The van der Waals surface area contributed by atoms with E-state index in [1.165, 1.54) is 36.7 Å². The van der Waals surface area contributed by atoms with Gasteiger partial charge in [0.15, 0.2) is 11.2 Å². The number of hydrogen-bond donors (Lipinski definition) is 2. The highest BCUT2D eigenvalue weighted by Gasteiger charge is 2.14. The Morgan fingerprint density at radius 1 is 0.851 bits per heavy atom. The number of aromatic nitrogens is 4. The molecule has 3 aromatic heterocycles. The zero-order chi connectivity index (χ0) is 34.3. The molecule has 248 valence electrons. The van der Waals surface area contributed by atoms with Gasteiger partial charge >= 0.3 is 0 Å². The van der Waals surface area contributed by atoms with Crippen LogP contribution in [0.4, 0.5) is 20.2 Å². The second-order valence-electron chi connectivity index (χ2n) is 9.03. The van der Waals surface area contributed by atoms with E-state index in [2.05, 4.69) is 52.1 Å². The van der Waals surface area contributed by atoms with Crippen molar-refractivity contribution < 1.29 is 27.8 Å². The Labute approximate surface area is 286 Å². The fourth-order valence-electron chi connectivity index (χ4n) is 3.72. The van der Waals surface area contributed by atoms with E-state index in [4.69, 9.17) is 19.9 Å². The molecule has 2 aromatic carbocycles. The third-order valence-electron chi connectivity index (χ3n) is 5.82. The van der Waals surface area contributed by atoms with E-state index in [1.54, 1.807) is 42.5 Å². The minimum Gasteiger partial charge on any atom is -0.397 e. The van der Waals surface area contributed by atoms with Crippen molar-refractivity contribution in [2.24, 2.45) is 0 Å². The molecule has 0 aliphatic rings. The molecule has 5 aromatic rings. The average Bonchev–Trinajstić information content (AvgIpc) is 3.05. The molecule has 0 radical (unpaired) electrons. The number of benzene rings is 2. The number of fused-ring (bicyclic) bond motifs is 1. The third-order valence-corrected chi connectivity index (χ3v) is 6.71. The summed E-state index contributed by atoms with van der Waals surface area (Å²) >= 11 is 6.34. The topological polar surface area (TPSA) is 143 Å². The van der Waals surface area contributed by atoms with Gasteiger partial charge < -0.3 is 25.3 Å². The third kappa shape index (κ3) is 11.0. The highest BCUT2D eigenvalue weighted by Crippen LogP contribution is 2.18. The highest BCUT2D eigenvalue weighted by atomic mass is 79.9. The Hall–Kier alpha value is -4.15. The van der Waals surface area contributed by atoms with Gasteiger partial charge in [0.25, 0.3) is 17.9 Å². The maximum absolute atomic E-state index is 13.7. The number of para-hydroxylation sites is 2. The van der Waals surface area contributed by atoms with Crippen molar-refractivity contribution in [1.29, 1.82) is 0 Å². The predicted octanol–water partition coefficient (Wildman–Crippen LogP) is 6.88. The van der Waals surface area contributed by atoms with E-state index in [1.807, 2.05) is 20.8 Å². The first kappa shape index (κ1) is 37.3. The van der Waals surface area contributed by atoms with Crippen molar-refractivity contribution in [2.45, 2.75) is 27.2 Å². The quantitative estimate of drug-likeness (QED) is 0.121. The molecule has 3 heterocycles. The lowest BCUT2D eigenvalue weighted by molar-refractivity contribution is -0.282. The molecule has 0 spiro atoms. The lowest BCUT2D eigenvalue weighted by atomic mass is 10.2. The van der Waals surface area contributed by atoms with Gasteiger partial charge in [0, 0.05) is 19.8 Å². The molecule has 0 aliphatic carbocycles. The molecule has 15 heteroatoms. The van der Waals surface area contributed by atoms with Crippen LogP contribution in [0.2, 0.25) is 0 Å². The average molecular weight is 778 g/mol. The molecule has 1 amide bonds. The summed E-state index contributed by atoms with van der Waals surface area (Å²) in [7, 11) is 0. The number of nitrogens with two attached hydrogens (primary N) is 1. The van der Waals surface area contributed by atoms with Gasteiger partial charge in [-0.15, -0.1) is 0 Å². The SMILES string of the molecule is CCOC(OCC)OCC.Nc1ccc(Br)nc1C(=O)Nc1ccccc1F.O=c1c2nc(Br)ccc2ncn1-c1ccccc1F. The second kappa shape index (κ2) is 18.9. The van der Waals surface area contributed by atoms with Crippen molar-refractivity contribution in [2.75, 3.05) is 30.9 Å². The van der Waals surface area contributed by atoms with Gasteiger partial charge in [-0.05, 0) is 101 Å². The summed E-state index contributed by atoms with van der Waals surface area (Å²) < 4.78 is 44.5. The van der Waals surface area contributed by atoms with Crippen LogP contribution in [-0.2, 0) is 14.2 Å². The summed E-state index contributed by atoms with van der Waals surface area (Å²) in [4.78, 5) is 36.4. The molecule has 3 N–H and O–H groups in total. The van der Waals surface area contributed by atoms with Crippen LogP contribution >= 0.6 is 31.9 Å². The first-order valence-corrected chi connectivity index (χ1v) is 15.8. The van der Waals surface area contributed by atoms with Gasteiger partial charge in [-0.2, -0.15) is 0 Å². The minimum atomic E-state index is -0.557. The summed E-state index contributed by atoms with van der Waals surface area (Å²) in [6, 6.07) is 18.4. The lowest BCUT2D eigenvalue weighted by Gasteiger charge is -2.15. The number of carbonyl (C=O) groups is 1. The number of anilines is 2. The van der Waals surface area contributed by atoms with Gasteiger partial charge in [-0.25, -0.2) is 23.7 Å². The van der Waals surface area contributed by atoms with E-state index in [-0.39, 0.29) is 28.3 Å². The normalized spacial score (nSPS) is 10.6. The van der Waals surface area contributed by atoms with E-state index in [0.717, 1.165) is 4.57 Å².